The molecule has 0 aliphatic rings. The zero-order valence-electron chi connectivity index (χ0n) is 6.39. The van der Waals surface area contributed by atoms with Crippen molar-refractivity contribution in [2.45, 2.75) is 0 Å². The average molecular weight is 195 g/mol. The number of hydrogen-bond acceptors (Lipinski definition) is 5. The lowest BCUT2D eigenvalue weighted by molar-refractivity contribution is 0.102. The van der Waals surface area contributed by atoms with Gasteiger partial charge in [0.05, 0.1) is 4.88 Å². The van der Waals surface area contributed by atoms with Crippen LogP contribution < -0.4 is 5.32 Å². The highest BCUT2D eigenvalue weighted by atomic mass is 32.1. The molecule has 0 fully saturated rings. The first-order valence-corrected chi connectivity index (χ1v) is 4.32. The lowest BCUT2D eigenvalue weighted by atomic mass is 10.4. The number of amides is 1. The van der Waals surface area contributed by atoms with Crippen molar-refractivity contribution < 1.29 is 4.79 Å². The SMILES string of the molecule is O=C(Nc1nn[nH]n1)c1cccs1. The van der Waals surface area contributed by atoms with Gasteiger partial charge in [-0.3, -0.25) is 10.1 Å². The number of aromatic nitrogens is 4. The Balaban J connectivity index is 2.08. The Morgan fingerprint density at radius 3 is 3.15 bits per heavy atom. The van der Waals surface area contributed by atoms with E-state index in [-0.39, 0.29) is 11.9 Å². The third kappa shape index (κ3) is 1.70. The van der Waals surface area contributed by atoms with Crippen molar-refractivity contribution in [2.75, 3.05) is 5.32 Å². The fourth-order valence-corrected chi connectivity index (χ4v) is 1.40. The van der Waals surface area contributed by atoms with Gasteiger partial charge in [-0.25, -0.2) is 0 Å². The van der Waals surface area contributed by atoms with Gasteiger partial charge in [0.15, 0.2) is 0 Å². The number of nitrogens with zero attached hydrogens (tertiary/aromatic N) is 3. The Hall–Kier alpha value is -1.76. The number of aromatic amines is 1. The van der Waals surface area contributed by atoms with Crippen molar-refractivity contribution in [2.24, 2.45) is 0 Å². The quantitative estimate of drug-likeness (QED) is 0.731. The molecule has 2 aromatic rings. The summed E-state index contributed by atoms with van der Waals surface area (Å²) in [7, 11) is 0. The Labute approximate surface area is 77.0 Å². The largest absolute Gasteiger partial charge is 0.287 e. The monoisotopic (exact) mass is 195 g/mol. The minimum atomic E-state index is -0.226. The van der Waals surface area contributed by atoms with Gasteiger partial charge in [-0.1, -0.05) is 11.2 Å². The first-order chi connectivity index (χ1) is 6.36. The highest BCUT2D eigenvalue weighted by molar-refractivity contribution is 7.12. The van der Waals surface area contributed by atoms with Gasteiger partial charge in [0, 0.05) is 0 Å². The van der Waals surface area contributed by atoms with Crippen LogP contribution in [-0.4, -0.2) is 26.5 Å². The number of hydrogen-bond donors (Lipinski definition) is 2. The van der Waals surface area contributed by atoms with Crippen LogP contribution in [0.15, 0.2) is 17.5 Å². The van der Waals surface area contributed by atoms with E-state index in [0.717, 1.165) is 0 Å². The molecule has 2 aromatic heterocycles. The standard InChI is InChI=1S/C6H5N5OS/c12-5(4-2-1-3-13-4)7-6-8-10-11-9-6/h1-3H,(H2,7,8,9,10,11,12). The second kappa shape index (κ2) is 3.31. The van der Waals surface area contributed by atoms with E-state index in [1.807, 2.05) is 5.38 Å². The number of rotatable bonds is 2. The predicted octanol–water partition coefficient (Wildman–Crippen LogP) is 0.513. The molecule has 0 atom stereocenters. The molecule has 0 spiro atoms. The average Bonchev–Trinajstić information content (AvgIpc) is 2.74. The van der Waals surface area contributed by atoms with E-state index in [1.54, 1.807) is 12.1 Å². The zero-order valence-corrected chi connectivity index (χ0v) is 7.21. The number of carbonyl (C=O) groups is 1. The highest BCUT2D eigenvalue weighted by Gasteiger charge is 2.08. The van der Waals surface area contributed by atoms with Gasteiger partial charge in [0.1, 0.15) is 0 Å². The number of anilines is 1. The molecule has 0 bridgehead atoms. The third-order valence-corrected chi connectivity index (χ3v) is 2.18. The molecular formula is C6H5N5OS. The van der Waals surface area contributed by atoms with Crippen molar-refractivity contribution in [1.82, 2.24) is 20.6 Å². The molecular weight excluding hydrogens is 190 g/mol. The molecule has 1 amide bonds. The van der Waals surface area contributed by atoms with Gasteiger partial charge in [-0.15, -0.1) is 16.4 Å². The Bertz CT molecular complexity index is 381. The molecule has 0 saturated heterocycles. The summed E-state index contributed by atoms with van der Waals surface area (Å²) in [4.78, 5) is 12.0. The summed E-state index contributed by atoms with van der Waals surface area (Å²) in [6, 6.07) is 3.52. The van der Waals surface area contributed by atoms with Gasteiger partial charge < -0.3 is 0 Å². The first-order valence-electron chi connectivity index (χ1n) is 3.44. The van der Waals surface area contributed by atoms with Crippen LogP contribution in [0.5, 0.6) is 0 Å². The van der Waals surface area contributed by atoms with Gasteiger partial charge >= 0.3 is 0 Å². The number of H-pyrrole nitrogens is 1. The maximum atomic E-state index is 11.4. The first kappa shape index (κ1) is 7.87. The van der Waals surface area contributed by atoms with Crippen LogP contribution in [0.3, 0.4) is 0 Å². The van der Waals surface area contributed by atoms with Gasteiger partial charge in [0.25, 0.3) is 11.9 Å². The topological polar surface area (TPSA) is 83.6 Å². The van der Waals surface area contributed by atoms with Crippen molar-refractivity contribution >= 4 is 23.2 Å². The minimum absolute atomic E-state index is 0.179. The molecule has 6 nitrogen and oxygen atoms in total. The summed E-state index contributed by atoms with van der Waals surface area (Å²) in [5.74, 6) is -0.0465. The van der Waals surface area contributed by atoms with Crippen molar-refractivity contribution in [1.29, 1.82) is 0 Å². The molecule has 0 radical (unpaired) electrons. The van der Waals surface area contributed by atoms with Crippen LogP contribution in [0.2, 0.25) is 0 Å². The van der Waals surface area contributed by atoms with Crippen LogP contribution in [0.1, 0.15) is 9.67 Å². The smallest absolute Gasteiger partial charge is 0.270 e. The molecule has 0 saturated carbocycles. The molecule has 2 N–H and O–H groups in total. The van der Waals surface area contributed by atoms with E-state index in [1.165, 1.54) is 11.3 Å². The molecule has 0 aromatic carbocycles. The van der Waals surface area contributed by atoms with Crippen LogP contribution >= 0.6 is 11.3 Å². The molecule has 66 valence electrons. The Kier molecular flexibility index (Phi) is 2.01. The molecule has 0 aliphatic heterocycles. The normalized spacial score (nSPS) is 9.85. The summed E-state index contributed by atoms with van der Waals surface area (Å²) in [5, 5.41) is 17.0. The van der Waals surface area contributed by atoms with Crippen LogP contribution in [-0.2, 0) is 0 Å². The maximum absolute atomic E-state index is 11.4. The van der Waals surface area contributed by atoms with Crippen molar-refractivity contribution in [3.63, 3.8) is 0 Å². The summed E-state index contributed by atoms with van der Waals surface area (Å²) in [6.45, 7) is 0. The fourth-order valence-electron chi connectivity index (χ4n) is 0.786. The lowest BCUT2D eigenvalue weighted by Gasteiger charge is -1.94. The van der Waals surface area contributed by atoms with E-state index in [9.17, 15) is 4.79 Å². The van der Waals surface area contributed by atoms with Gasteiger partial charge in [-0.2, -0.15) is 5.21 Å². The Morgan fingerprint density at radius 2 is 2.54 bits per heavy atom. The van der Waals surface area contributed by atoms with Gasteiger partial charge in [-0.05, 0) is 16.7 Å². The van der Waals surface area contributed by atoms with Gasteiger partial charge in [0.2, 0.25) is 0 Å². The lowest BCUT2D eigenvalue weighted by Crippen LogP contribution is -2.11. The molecule has 13 heavy (non-hydrogen) atoms. The molecule has 7 heteroatoms. The van der Waals surface area contributed by atoms with E-state index >= 15 is 0 Å². The molecule has 0 unspecified atom stereocenters. The molecule has 2 rings (SSSR count). The van der Waals surface area contributed by atoms with Crippen LogP contribution in [0.25, 0.3) is 0 Å². The van der Waals surface area contributed by atoms with E-state index < -0.39 is 0 Å². The number of nitrogens with one attached hydrogen (secondary N) is 2. The summed E-state index contributed by atoms with van der Waals surface area (Å²) in [6.07, 6.45) is 0. The fraction of sp³-hybridized carbons (Fsp3) is 0. The van der Waals surface area contributed by atoms with Crippen molar-refractivity contribution in [3.05, 3.63) is 22.4 Å². The minimum Gasteiger partial charge on any atom is -0.287 e. The number of thiophene rings is 1. The van der Waals surface area contributed by atoms with Crippen LogP contribution in [0, 0.1) is 0 Å². The molecule has 2 heterocycles. The second-order valence-corrected chi connectivity index (χ2v) is 3.11. The Morgan fingerprint density at radius 1 is 1.62 bits per heavy atom. The third-order valence-electron chi connectivity index (χ3n) is 1.32. The van der Waals surface area contributed by atoms with E-state index in [4.69, 9.17) is 0 Å². The summed E-state index contributed by atoms with van der Waals surface area (Å²) in [5.41, 5.74) is 0. The highest BCUT2D eigenvalue weighted by Crippen LogP contribution is 2.09. The zero-order chi connectivity index (χ0) is 9.10. The number of tetrazole rings is 1. The second-order valence-electron chi connectivity index (χ2n) is 2.17. The summed E-state index contributed by atoms with van der Waals surface area (Å²) >= 11 is 1.35. The predicted molar refractivity (Wildman–Crippen MR) is 46.4 cm³/mol. The van der Waals surface area contributed by atoms with Crippen molar-refractivity contribution in [3.8, 4) is 0 Å². The van der Waals surface area contributed by atoms with E-state index in [0.29, 0.717) is 4.88 Å². The van der Waals surface area contributed by atoms with E-state index in [2.05, 4.69) is 25.9 Å². The number of carbonyl (C=O) groups excluding carboxylic acids is 1. The molecule has 0 aliphatic carbocycles. The summed E-state index contributed by atoms with van der Waals surface area (Å²) < 4.78 is 0. The van der Waals surface area contributed by atoms with Crippen LogP contribution in [0.4, 0.5) is 5.95 Å². The maximum Gasteiger partial charge on any atom is 0.270 e.